The number of fused-ring (bicyclic) bond motifs is 1. The average Bonchev–Trinajstić information content (AvgIpc) is 4.25. The summed E-state index contributed by atoms with van der Waals surface area (Å²) in [5.74, 6) is 3.14. The third kappa shape index (κ3) is 16.0. The number of rotatable bonds is 14. The van der Waals surface area contributed by atoms with E-state index < -0.39 is 12.2 Å². The highest BCUT2D eigenvalue weighted by atomic mass is 16.5. The minimum absolute atomic E-state index is 0.189. The highest BCUT2D eigenvalue weighted by Gasteiger charge is 2.20. The van der Waals surface area contributed by atoms with E-state index in [1.807, 2.05) is 120 Å². The summed E-state index contributed by atoms with van der Waals surface area (Å²) in [5.41, 5.74) is 21.7. The molecule has 2 unspecified atom stereocenters. The van der Waals surface area contributed by atoms with E-state index in [1.165, 1.54) is 25.7 Å². The summed E-state index contributed by atoms with van der Waals surface area (Å²) in [6.07, 6.45) is 7.57. The molecule has 2 atom stereocenters. The minimum Gasteiger partial charge on any atom is -0.491 e. The van der Waals surface area contributed by atoms with Crippen LogP contribution in [0.5, 0.6) is 11.5 Å². The Kier molecular flexibility index (Phi) is 22.1. The molecule has 5 aromatic heterocycles. The van der Waals surface area contributed by atoms with Gasteiger partial charge < -0.3 is 56.2 Å². The van der Waals surface area contributed by atoms with Gasteiger partial charge in [-0.2, -0.15) is 5.10 Å². The normalized spacial score (nSPS) is 13.6. The number of nitrogens with one attached hydrogen (secondary N) is 3. The topological polar surface area (TPSA) is 252 Å². The first-order valence-electron chi connectivity index (χ1n) is 24.4. The molecule has 2 fully saturated rings. The van der Waals surface area contributed by atoms with Crippen molar-refractivity contribution >= 4 is 22.7 Å². The van der Waals surface area contributed by atoms with E-state index in [0.29, 0.717) is 47.9 Å². The van der Waals surface area contributed by atoms with Gasteiger partial charge in [-0.05, 0) is 104 Å². The Labute approximate surface area is 418 Å². The van der Waals surface area contributed by atoms with Gasteiger partial charge in [0.25, 0.3) is 0 Å². The number of nitrogens with two attached hydrogens (primary N) is 2. The Balaban J connectivity index is 0.000000214. The standard InChI is InChI=1S/C22H24N6O2.C21H28N6O2.2C4H8O.C2H6/c1-13-19(16-8-15-6-7-25-21(15)26-10-16)27-22(28-20(13)23)14-4-3-5-18(9-14)30-12-17(29)11-24-2;1-12-19(18-13(2)26-27(5)14(18)3)24-21(25-20(12)22)15-7-6-8-17(9-15)29-11-16(28)10-23-4;2*1-2-4-5-3-1;1-2/h3-10,17,24,29H,11-12H2,1-2H3,(H,25,26)(H2,23,27,28);6-9,16,23,28H,10-11H2,1-5H3,(H2,22,24,25);2*1-4H2;1-2H3. The van der Waals surface area contributed by atoms with Crippen LogP contribution in [0.15, 0.2) is 73.1 Å². The maximum absolute atomic E-state index is 9.85. The van der Waals surface area contributed by atoms with Crippen LogP contribution in [-0.2, 0) is 16.5 Å². The Morgan fingerprint density at radius 1 is 0.690 bits per heavy atom. The lowest BCUT2D eigenvalue weighted by molar-refractivity contribution is 0.108. The van der Waals surface area contributed by atoms with Crippen LogP contribution in [0.2, 0.25) is 0 Å². The molecule has 71 heavy (non-hydrogen) atoms. The van der Waals surface area contributed by atoms with Gasteiger partial charge in [0, 0.05) is 103 Å². The van der Waals surface area contributed by atoms with E-state index in [-0.39, 0.29) is 13.2 Å². The summed E-state index contributed by atoms with van der Waals surface area (Å²) >= 11 is 0. The monoisotopic (exact) mass is 975 g/mol. The number of aryl methyl sites for hydroxylation is 2. The number of aliphatic hydroxyl groups is 2. The number of nitrogen functional groups attached to an aromatic ring is 2. The van der Waals surface area contributed by atoms with Crippen molar-refractivity contribution in [3.05, 3.63) is 95.6 Å². The molecule has 9 rings (SSSR count). The zero-order chi connectivity index (χ0) is 51.3. The predicted molar refractivity (Wildman–Crippen MR) is 282 cm³/mol. The molecule has 0 bridgehead atoms. The smallest absolute Gasteiger partial charge is 0.162 e. The van der Waals surface area contributed by atoms with Gasteiger partial charge in [-0.15, -0.1) is 0 Å². The van der Waals surface area contributed by atoms with Gasteiger partial charge in [-0.3, -0.25) is 4.68 Å². The SMILES string of the molecule is C1CCOC1.C1CCOC1.CC.CNCC(O)COc1cccc(-c2nc(N)c(C)c(-c3c(C)nn(C)c3C)n2)c1.CNCC(O)COc1cccc(-c2nc(N)c(C)c(-c3cnc4[nH]ccc4c3)n2)c1. The average molecular weight is 975 g/mol. The molecule has 2 aliphatic rings. The second-order valence-corrected chi connectivity index (χ2v) is 16.9. The van der Waals surface area contributed by atoms with Crippen LogP contribution >= 0.6 is 0 Å². The highest BCUT2D eigenvalue weighted by Crippen LogP contribution is 2.33. The lowest BCUT2D eigenvalue weighted by Crippen LogP contribution is -2.29. The van der Waals surface area contributed by atoms with Crippen LogP contribution in [0.25, 0.3) is 56.3 Å². The van der Waals surface area contributed by atoms with E-state index in [2.05, 4.69) is 35.7 Å². The molecule has 2 aromatic carbocycles. The molecule has 9 N–H and O–H groups in total. The number of pyridine rings is 1. The molecule has 18 heteroatoms. The van der Waals surface area contributed by atoms with Gasteiger partial charge in [0.1, 0.15) is 54.2 Å². The number of hydrogen-bond donors (Lipinski definition) is 7. The van der Waals surface area contributed by atoms with E-state index in [0.717, 1.165) is 93.6 Å². The lowest BCUT2D eigenvalue weighted by atomic mass is 10.0. The summed E-state index contributed by atoms with van der Waals surface area (Å²) in [4.78, 5) is 26.1. The largest absolute Gasteiger partial charge is 0.491 e. The van der Waals surface area contributed by atoms with Crippen LogP contribution in [0.3, 0.4) is 0 Å². The van der Waals surface area contributed by atoms with E-state index in [9.17, 15) is 10.2 Å². The van der Waals surface area contributed by atoms with Gasteiger partial charge in [0.2, 0.25) is 0 Å². The third-order valence-electron chi connectivity index (χ3n) is 11.4. The third-order valence-corrected chi connectivity index (χ3v) is 11.4. The number of benzene rings is 2. The number of aromatic amines is 1. The maximum Gasteiger partial charge on any atom is 0.162 e. The molecular formula is C53H74N12O6. The number of H-pyrrole nitrogens is 1. The predicted octanol–water partition coefficient (Wildman–Crippen LogP) is 7.17. The first-order valence-corrected chi connectivity index (χ1v) is 24.4. The molecule has 0 spiro atoms. The number of aromatic nitrogens is 8. The van der Waals surface area contributed by atoms with Gasteiger partial charge in [0.05, 0.1) is 17.1 Å². The summed E-state index contributed by atoms with van der Waals surface area (Å²) in [6.45, 7) is 17.1. The number of nitrogens with zero attached hydrogens (tertiary/aromatic N) is 7. The molecule has 7 aromatic rings. The van der Waals surface area contributed by atoms with Crippen molar-refractivity contribution in [1.29, 1.82) is 0 Å². The molecule has 7 heterocycles. The van der Waals surface area contributed by atoms with Crippen molar-refractivity contribution in [1.82, 2.24) is 50.3 Å². The highest BCUT2D eigenvalue weighted by molar-refractivity contribution is 5.82. The fourth-order valence-electron chi connectivity index (χ4n) is 7.48. The first kappa shape index (κ1) is 55.4. The Hall–Kier alpha value is -6.54. The van der Waals surface area contributed by atoms with Crippen molar-refractivity contribution < 1.29 is 29.2 Å². The second kappa shape index (κ2) is 28.3. The van der Waals surface area contributed by atoms with Gasteiger partial charge in [-0.1, -0.05) is 38.1 Å². The Morgan fingerprint density at radius 3 is 1.63 bits per heavy atom. The van der Waals surface area contributed by atoms with E-state index >= 15 is 0 Å². The van der Waals surface area contributed by atoms with Gasteiger partial charge in [-0.25, -0.2) is 24.9 Å². The molecular weight excluding hydrogens is 901 g/mol. The summed E-state index contributed by atoms with van der Waals surface area (Å²) in [5, 5.41) is 31.0. The zero-order valence-corrected chi connectivity index (χ0v) is 42.9. The summed E-state index contributed by atoms with van der Waals surface area (Å²) in [6, 6.07) is 18.9. The van der Waals surface area contributed by atoms with Crippen molar-refractivity contribution in [3.8, 4) is 56.8 Å². The molecule has 0 amide bonds. The number of ether oxygens (including phenoxy) is 4. The fourth-order valence-corrected chi connectivity index (χ4v) is 7.48. The Bertz CT molecular complexity index is 2690. The van der Waals surface area contributed by atoms with E-state index in [1.54, 1.807) is 20.3 Å². The van der Waals surface area contributed by atoms with Crippen molar-refractivity contribution in [3.63, 3.8) is 0 Å². The number of anilines is 2. The Morgan fingerprint density at radius 2 is 1.18 bits per heavy atom. The van der Waals surface area contributed by atoms with Crippen LogP contribution in [0, 0.1) is 27.7 Å². The van der Waals surface area contributed by atoms with Gasteiger partial charge >= 0.3 is 0 Å². The first-order chi connectivity index (χ1) is 34.4. The molecule has 0 aliphatic carbocycles. The maximum atomic E-state index is 9.85. The fraction of sp³-hybridized carbons (Fsp3) is 0.434. The molecule has 0 radical (unpaired) electrons. The van der Waals surface area contributed by atoms with Crippen LogP contribution in [-0.4, -0.2) is 129 Å². The molecule has 2 aliphatic heterocycles. The van der Waals surface area contributed by atoms with Crippen LogP contribution in [0.4, 0.5) is 11.6 Å². The van der Waals surface area contributed by atoms with Crippen molar-refractivity contribution in [2.45, 2.75) is 79.4 Å². The number of likely N-dealkylation sites (N-methyl/N-ethyl adjacent to an activating group) is 2. The lowest BCUT2D eigenvalue weighted by Gasteiger charge is -2.13. The van der Waals surface area contributed by atoms with Crippen molar-refractivity contribution in [2.24, 2.45) is 7.05 Å². The number of aliphatic hydroxyl groups excluding tert-OH is 2. The summed E-state index contributed by atoms with van der Waals surface area (Å²) in [7, 11) is 5.48. The zero-order valence-electron chi connectivity index (χ0n) is 42.9. The van der Waals surface area contributed by atoms with Gasteiger partial charge in [0.15, 0.2) is 11.6 Å². The summed E-state index contributed by atoms with van der Waals surface area (Å²) < 4.78 is 23.1. The molecule has 382 valence electrons. The van der Waals surface area contributed by atoms with Crippen molar-refractivity contribution in [2.75, 3.05) is 78.3 Å². The molecule has 2 saturated heterocycles. The van der Waals surface area contributed by atoms with E-state index in [4.69, 9.17) is 40.4 Å². The minimum atomic E-state index is -0.590. The quantitative estimate of drug-likeness (QED) is 0.0571. The second-order valence-electron chi connectivity index (χ2n) is 16.9. The molecule has 0 saturated carbocycles. The number of hydrogen-bond acceptors (Lipinski definition) is 16. The molecule has 18 nitrogen and oxygen atoms in total. The van der Waals surface area contributed by atoms with Crippen LogP contribution in [0.1, 0.15) is 62.0 Å². The van der Waals surface area contributed by atoms with Crippen LogP contribution < -0.4 is 31.6 Å².